The molecule has 104 valence electrons. The molecule has 0 aliphatic rings. The average molecular weight is 268 g/mol. The summed E-state index contributed by atoms with van der Waals surface area (Å²) in [6.45, 7) is 1.99. The summed E-state index contributed by atoms with van der Waals surface area (Å²) in [5.74, 6) is 0.0478. The van der Waals surface area contributed by atoms with Crippen LogP contribution < -0.4 is 11.1 Å². The molecule has 0 aromatic heterocycles. The van der Waals surface area contributed by atoms with E-state index in [9.17, 15) is 4.79 Å². The highest BCUT2D eigenvalue weighted by atomic mass is 16.1. The van der Waals surface area contributed by atoms with Gasteiger partial charge in [-0.3, -0.25) is 4.79 Å². The summed E-state index contributed by atoms with van der Waals surface area (Å²) in [4.78, 5) is 11.8. The highest BCUT2D eigenvalue weighted by Gasteiger charge is 2.07. The maximum atomic E-state index is 11.8. The number of anilines is 2. The van der Waals surface area contributed by atoms with Gasteiger partial charge in [0.25, 0.3) is 0 Å². The molecule has 0 saturated carbocycles. The van der Waals surface area contributed by atoms with E-state index < -0.39 is 0 Å². The summed E-state index contributed by atoms with van der Waals surface area (Å²) in [5, 5.41) is 2.96. The predicted molar refractivity (Wildman–Crippen MR) is 83.6 cm³/mol. The van der Waals surface area contributed by atoms with Crippen molar-refractivity contribution in [2.75, 3.05) is 11.1 Å². The second-order valence-electron chi connectivity index (χ2n) is 4.88. The number of hydrogen-bond donors (Lipinski definition) is 2. The van der Waals surface area contributed by atoms with Crippen LogP contribution >= 0.6 is 0 Å². The molecule has 3 nitrogen and oxygen atoms in total. The van der Waals surface area contributed by atoms with Crippen molar-refractivity contribution in [2.45, 2.75) is 26.2 Å². The van der Waals surface area contributed by atoms with Gasteiger partial charge < -0.3 is 11.1 Å². The maximum absolute atomic E-state index is 11.8. The van der Waals surface area contributed by atoms with Crippen molar-refractivity contribution in [3.63, 3.8) is 0 Å². The van der Waals surface area contributed by atoms with Gasteiger partial charge in [0.1, 0.15) is 0 Å². The van der Waals surface area contributed by atoms with Crippen molar-refractivity contribution >= 4 is 17.3 Å². The number of amides is 1. The van der Waals surface area contributed by atoms with Crippen LogP contribution in [0.4, 0.5) is 11.4 Å². The van der Waals surface area contributed by atoms with E-state index in [4.69, 9.17) is 5.73 Å². The van der Waals surface area contributed by atoms with Gasteiger partial charge in [0.2, 0.25) is 5.91 Å². The quantitative estimate of drug-likeness (QED) is 0.814. The van der Waals surface area contributed by atoms with E-state index in [0.717, 1.165) is 24.1 Å². The van der Waals surface area contributed by atoms with Crippen molar-refractivity contribution in [3.05, 3.63) is 59.7 Å². The third-order valence-corrected chi connectivity index (χ3v) is 3.12. The molecule has 0 bridgehead atoms. The van der Waals surface area contributed by atoms with Gasteiger partial charge in [-0.2, -0.15) is 0 Å². The van der Waals surface area contributed by atoms with E-state index in [0.29, 0.717) is 12.1 Å². The van der Waals surface area contributed by atoms with E-state index in [1.165, 1.54) is 5.56 Å². The molecule has 3 heteroatoms. The molecule has 0 heterocycles. The second kappa shape index (κ2) is 6.75. The number of hydrogen-bond acceptors (Lipinski definition) is 2. The Bertz CT molecular complexity index is 579. The van der Waals surface area contributed by atoms with Crippen LogP contribution in [0.15, 0.2) is 48.5 Å². The van der Waals surface area contributed by atoms with Crippen LogP contribution in [0.2, 0.25) is 0 Å². The number of carbonyl (C=O) groups excluding carboxylic acids is 1. The Morgan fingerprint density at radius 3 is 2.60 bits per heavy atom. The summed E-state index contributed by atoms with van der Waals surface area (Å²) < 4.78 is 0. The van der Waals surface area contributed by atoms with Crippen molar-refractivity contribution < 1.29 is 4.79 Å². The molecule has 0 aliphatic carbocycles. The molecule has 2 aromatic rings. The minimum absolute atomic E-state index is 0.0478. The molecular weight excluding hydrogens is 248 g/mol. The summed E-state index contributed by atoms with van der Waals surface area (Å²) in [7, 11) is 0. The normalized spacial score (nSPS) is 10.2. The number of nitrogens with one attached hydrogen (secondary N) is 1. The number of rotatable bonds is 5. The van der Waals surface area contributed by atoms with E-state index in [2.05, 4.69) is 17.4 Å². The highest BCUT2D eigenvalue weighted by Crippen LogP contribution is 2.22. The first-order valence-electron chi connectivity index (χ1n) is 6.91. The first-order chi connectivity index (χ1) is 9.69. The lowest BCUT2D eigenvalue weighted by atomic mass is 10.0. The van der Waals surface area contributed by atoms with E-state index in [1.54, 1.807) is 0 Å². The fourth-order valence-corrected chi connectivity index (χ4v) is 2.14. The van der Waals surface area contributed by atoms with Gasteiger partial charge in [-0.15, -0.1) is 0 Å². The molecule has 20 heavy (non-hydrogen) atoms. The molecule has 0 fully saturated rings. The topological polar surface area (TPSA) is 55.1 Å². The van der Waals surface area contributed by atoms with Crippen molar-refractivity contribution in [1.29, 1.82) is 0 Å². The summed E-state index contributed by atoms with van der Waals surface area (Å²) in [5.41, 5.74) is 9.66. The lowest BCUT2D eigenvalue weighted by Gasteiger charge is -2.12. The van der Waals surface area contributed by atoms with Gasteiger partial charge in [0.05, 0.1) is 0 Å². The third-order valence-electron chi connectivity index (χ3n) is 3.12. The summed E-state index contributed by atoms with van der Waals surface area (Å²) in [6, 6.07) is 15.8. The van der Waals surface area contributed by atoms with Crippen LogP contribution in [0.1, 0.15) is 30.9 Å². The SMILES string of the molecule is CCCC(=O)Nc1ccc(N)cc1Cc1ccccc1. The van der Waals surface area contributed by atoms with Gasteiger partial charge in [-0.05, 0) is 42.2 Å². The van der Waals surface area contributed by atoms with Crippen LogP contribution in [-0.2, 0) is 11.2 Å². The zero-order valence-corrected chi connectivity index (χ0v) is 11.7. The Morgan fingerprint density at radius 1 is 1.15 bits per heavy atom. The highest BCUT2D eigenvalue weighted by molar-refractivity contribution is 5.91. The first kappa shape index (κ1) is 14.1. The number of nitrogen functional groups attached to an aromatic ring is 1. The maximum Gasteiger partial charge on any atom is 0.224 e. The van der Waals surface area contributed by atoms with Crippen LogP contribution in [0.3, 0.4) is 0 Å². The minimum Gasteiger partial charge on any atom is -0.399 e. The Balaban J connectivity index is 2.22. The predicted octanol–water partition coefficient (Wildman–Crippen LogP) is 3.60. The van der Waals surface area contributed by atoms with Crippen molar-refractivity contribution in [3.8, 4) is 0 Å². The van der Waals surface area contributed by atoms with Gasteiger partial charge in [-0.25, -0.2) is 0 Å². The summed E-state index contributed by atoms with van der Waals surface area (Å²) >= 11 is 0. The van der Waals surface area contributed by atoms with Gasteiger partial charge in [0, 0.05) is 17.8 Å². The first-order valence-corrected chi connectivity index (χ1v) is 6.91. The lowest BCUT2D eigenvalue weighted by molar-refractivity contribution is -0.116. The van der Waals surface area contributed by atoms with Crippen LogP contribution in [0, 0.1) is 0 Å². The molecule has 0 aliphatic heterocycles. The molecule has 0 atom stereocenters. The Kier molecular flexibility index (Phi) is 4.77. The molecule has 0 saturated heterocycles. The van der Waals surface area contributed by atoms with Crippen molar-refractivity contribution in [2.24, 2.45) is 0 Å². The number of carbonyl (C=O) groups is 1. The molecule has 2 rings (SSSR count). The fraction of sp³-hybridized carbons (Fsp3) is 0.235. The smallest absolute Gasteiger partial charge is 0.224 e. The Morgan fingerprint density at radius 2 is 1.90 bits per heavy atom. The number of nitrogens with two attached hydrogens (primary N) is 1. The van der Waals surface area contributed by atoms with E-state index in [1.807, 2.05) is 43.3 Å². The van der Waals surface area contributed by atoms with Crippen LogP contribution in [0.5, 0.6) is 0 Å². The zero-order chi connectivity index (χ0) is 14.4. The van der Waals surface area contributed by atoms with E-state index >= 15 is 0 Å². The molecule has 0 radical (unpaired) electrons. The van der Waals surface area contributed by atoms with Gasteiger partial charge in [-0.1, -0.05) is 37.3 Å². The van der Waals surface area contributed by atoms with Crippen LogP contribution in [0.25, 0.3) is 0 Å². The second-order valence-corrected chi connectivity index (χ2v) is 4.88. The molecule has 1 amide bonds. The standard InChI is InChI=1S/C17H20N2O/c1-2-6-17(20)19-16-10-9-15(18)12-14(16)11-13-7-4-3-5-8-13/h3-5,7-10,12H,2,6,11,18H2,1H3,(H,19,20). The molecule has 0 unspecified atom stereocenters. The van der Waals surface area contributed by atoms with E-state index in [-0.39, 0.29) is 5.91 Å². The van der Waals surface area contributed by atoms with Crippen LogP contribution in [-0.4, -0.2) is 5.91 Å². The monoisotopic (exact) mass is 268 g/mol. The fourth-order valence-electron chi connectivity index (χ4n) is 2.14. The number of benzene rings is 2. The molecule has 0 spiro atoms. The van der Waals surface area contributed by atoms with Gasteiger partial charge in [0.15, 0.2) is 0 Å². The Labute approximate surface area is 119 Å². The van der Waals surface area contributed by atoms with Crippen molar-refractivity contribution in [1.82, 2.24) is 0 Å². The molecule has 2 aromatic carbocycles. The molecule has 3 N–H and O–H groups in total. The molecular formula is C17H20N2O. The average Bonchev–Trinajstić information content (AvgIpc) is 2.43. The largest absolute Gasteiger partial charge is 0.399 e. The van der Waals surface area contributed by atoms with Gasteiger partial charge >= 0.3 is 0 Å². The summed E-state index contributed by atoms with van der Waals surface area (Å²) in [6.07, 6.45) is 2.14. The zero-order valence-electron chi connectivity index (χ0n) is 11.7. The Hall–Kier alpha value is -2.29. The minimum atomic E-state index is 0.0478. The lowest BCUT2D eigenvalue weighted by Crippen LogP contribution is -2.12. The third kappa shape index (κ3) is 3.85.